The van der Waals surface area contributed by atoms with Crippen LogP contribution in [0, 0.1) is 0 Å². The summed E-state index contributed by atoms with van der Waals surface area (Å²) in [7, 11) is -3.43. The molecule has 1 aromatic heterocycles. The van der Waals surface area contributed by atoms with E-state index in [2.05, 4.69) is 0 Å². The zero-order valence-corrected chi connectivity index (χ0v) is 11.8. The minimum Gasteiger partial charge on any atom is -0.392 e. The van der Waals surface area contributed by atoms with E-state index in [9.17, 15) is 8.42 Å². The Kier molecular flexibility index (Phi) is 4.39. The number of aliphatic hydroxyl groups excluding tert-OH is 1. The quantitative estimate of drug-likeness (QED) is 0.900. The van der Waals surface area contributed by atoms with E-state index in [-0.39, 0.29) is 12.7 Å². The average molecular weight is 291 g/mol. The van der Waals surface area contributed by atoms with Crippen molar-refractivity contribution in [1.82, 2.24) is 4.31 Å². The zero-order valence-electron chi connectivity index (χ0n) is 10.2. The maximum Gasteiger partial charge on any atom is 0.252 e. The third kappa shape index (κ3) is 2.75. The molecular weight excluding hydrogens is 274 g/mol. The molecule has 0 saturated carbocycles. The van der Waals surface area contributed by atoms with Gasteiger partial charge in [-0.05, 0) is 23.4 Å². The summed E-state index contributed by atoms with van der Waals surface area (Å²) in [5.74, 6) is 0. The molecule has 1 atom stereocenters. The van der Waals surface area contributed by atoms with Crippen LogP contribution in [0.4, 0.5) is 0 Å². The molecule has 0 radical (unpaired) electrons. The molecule has 0 bridgehead atoms. The number of morpholine rings is 1. The summed E-state index contributed by atoms with van der Waals surface area (Å²) in [6.07, 6.45) is 0.782. The second kappa shape index (κ2) is 5.66. The van der Waals surface area contributed by atoms with Gasteiger partial charge in [-0.2, -0.15) is 4.31 Å². The van der Waals surface area contributed by atoms with Crippen LogP contribution < -0.4 is 0 Å². The van der Waals surface area contributed by atoms with Crippen LogP contribution in [0.15, 0.2) is 15.7 Å². The predicted molar refractivity (Wildman–Crippen MR) is 69.0 cm³/mol. The number of rotatable bonds is 4. The predicted octanol–water partition coefficient (Wildman–Crippen LogP) is 1.04. The molecule has 1 aliphatic heterocycles. The molecule has 102 valence electrons. The molecule has 0 aromatic carbocycles. The average Bonchev–Trinajstić information content (AvgIpc) is 2.88. The van der Waals surface area contributed by atoms with E-state index in [0.29, 0.717) is 29.5 Å². The minimum absolute atomic E-state index is 0.0224. The Morgan fingerprint density at radius 1 is 1.61 bits per heavy atom. The Balaban J connectivity index is 2.19. The summed E-state index contributed by atoms with van der Waals surface area (Å²) in [6.45, 7) is 3.09. The Labute approximate surface area is 111 Å². The largest absolute Gasteiger partial charge is 0.392 e. The van der Waals surface area contributed by atoms with E-state index in [4.69, 9.17) is 9.84 Å². The highest BCUT2D eigenvalue weighted by Crippen LogP contribution is 2.25. The normalized spacial score (nSPS) is 22.2. The third-order valence-corrected chi connectivity index (χ3v) is 6.29. The van der Waals surface area contributed by atoms with Gasteiger partial charge in [0.1, 0.15) is 4.21 Å². The van der Waals surface area contributed by atoms with E-state index in [0.717, 1.165) is 17.8 Å². The highest BCUT2D eigenvalue weighted by Gasteiger charge is 2.31. The summed E-state index contributed by atoms with van der Waals surface area (Å²) in [5, 5.41) is 10.7. The Hall–Kier alpha value is -0.470. The van der Waals surface area contributed by atoms with Gasteiger partial charge in [-0.3, -0.25) is 0 Å². The van der Waals surface area contributed by atoms with Crippen LogP contribution in [0.25, 0.3) is 0 Å². The molecule has 1 fully saturated rings. The molecule has 0 spiro atoms. The molecule has 18 heavy (non-hydrogen) atoms. The van der Waals surface area contributed by atoms with E-state index in [1.807, 2.05) is 6.92 Å². The first-order valence-corrected chi connectivity index (χ1v) is 8.20. The Bertz CT molecular complexity index is 497. The number of aliphatic hydroxyl groups is 1. The van der Waals surface area contributed by atoms with E-state index < -0.39 is 10.0 Å². The van der Waals surface area contributed by atoms with Gasteiger partial charge in [0.15, 0.2) is 0 Å². The van der Waals surface area contributed by atoms with Crippen molar-refractivity contribution in [2.24, 2.45) is 0 Å². The summed E-state index contributed by atoms with van der Waals surface area (Å²) >= 11 is 1.15. The Morgan fingerprint density at radius 2 is 2.39 bits per heavy atom. The fraction of sp³-hybridized carbons (Fsp3) is 0.636. The van der Waals surface area contributed by atoms with E-state index in [1.165, 1.54) is 10.4 Å². The van der Waals surface area contributed by atoms with E-state index in [1.54, 1.807) is 5.38 Å². The number of nitrogens with zero attached hydrogens (tertiary/aromatic N) is 1. The molecule has 1 N–H and O–H groups in total. The molecule has 5 nitrogen and oxygen atoms in total. The SMILES string of the molecule is CCC1CN(S(=O)(=O)c2cc(CO)cs2)CCO1. The van der Waals surface area contributed by atoms with Crippen LogP contribution in [-0.4, -0.2) is 43.6 Å². The van der Waals surface area contributed by atoms with Crippen LogP contribution in [-0.2, 0) is 21.4 Å². The van der Waals surface area contributed by atoms with Gasteiger partial charge in [-0.1, -0.05) is 6.92 Å². The second-order valence-corrected chi connectivity index (χ2v) is 7.27. The van der Waals surface area contributed by atoms with Crippen molar-refractivity contribution in [1.29, 1.82) is 0 Å². The lowest BCUT2D eigenvalue weighted by molar-refractivity contribution is -0.00272. The van der Waals surface area contributed by atoms with Gasteiger partial charge in [-0.25, -0.2) is 8.42 Å². The minimum atomic E-state index is -3.43. The molecule has 0 amide bonds. The van der Waals surface area contributed by atoms with Crippen molar-refractivity contribution < 1.29 is 18.3 Å². The zero-order chi connectivity index (χ0) is 13.2. The van der Waals surface area contributed by atoms with Crippen molar-refractivity contribution in [3.63, 3.8) is 0 Å². The lowest BCUT2D eigenvalue weighted by atomic mass is 10.2. The number of hydrogen-bond acceptors (Lipinski definition) is 5. The van der Waals surface area contributed by atoms with Crippen LogP contribution in [0.1, 0.15) is 18.9 Å². The van der Waals surface area contributed by atoms with Gasteiger partial charge in [-0.15, -0.1) is 11.3 Å². The van der Waals surface area contributed by atoms with Gasteiger partial charge in [0.25, 0.3) is 10.0 Å². The van der Waals surface area contributed by atoms with E-state index >= 15 is 0 Å². The van der Waals surface area contributed by atoms with Crippen LogP contribution >= 0.6 is 11.3 Å². The number of ether oxygens (including phenoxy) is 1. The Morgan fingerprint density at radius 3 is 3.00 bits per heavy atom. The first kappa shape index (κ1) is 14.0. The maximum absolute atomic E-state index is 12.4. The fourth-order valence-electron chi connectivity index (χ4n) is 1.86. The standard InChI is InChI=1S/C11H17NO4S2/c1-2-10-6-12(3-4-16-10)18(14,15)11-5-9(7-13)8-17-11/h5,8,10,13H,2-4,6-7H2,1H3. The van der Waals surface area contributed by atoms with Crippen LogP contribution in [0.5, 0.6) is 0 Å². The lowest BCUT2D eigenvalue weighted by Gasteiger charge is -2.31. The molecule has 1 aromatic rings. The third-order valence-electron chi connectivity index (χ3n) is 2.96. The summed E-state index contributed by atoms with van der Waals surface area (Å²) < 4.78 is 32.0. The molecule has 1 unspecified atom stereocenters. The fourth-order valence-corrected chi connectivity index (χ4v) is 4.66. The molecule has 0 aliphatic carbocycles. The maximum atomic E-state index is 12.4. The van der Waals surface area contributed by atoms with Crippen molar-refractivity contribution in [3.8, 4) is 0 Å². The van der Waals surface area contributed by atoms with Crippen LogP contribution in [0.2, 0.25) is 0 Å². The van der Waals surface area contributed by atoms with Crippen molar-refractivity contribution in [3.05, 3.63) is 17.0 Å². The molecule has 1 aliphatic rings. The second-order valence-electron chi connectivity index (χ2n) is 4.20. The van der Waals surface area contributed by atoms with Gasteiger partial charge in [0, 0.05) is 13.1 Å². The van der Waals surface area contributed by atoms with Gasteiger partial charge in [0.2, 0.25) is 0 Å². The highest BCUT2D eigenvalue weighted by atomic mass is 32.2. The summed E-state index contributed by atoms with van der Waals surface area (Å²) in [4.78, 5) is 0. The topological polar surface area (TPSA) is 66.8 Å². The first-order chi connectivity index (χ1) is 8.57. The monoisotopic (exact) mass is 291 g/mol. The summed E-state index contributed by atoms with van der Waals surface area (Å²) in [6, 6.07) is 1.54. The number of sulfonamides is 1. The number of hydrogen-bond donors (Lipinski definition) is 1. The highest BCUT2D eigenvalue weighted by molar-refractivity contribution is 7.91. The van der Waals surface area contributed by atoms with Crippen molar-refractivity contribution in [2.75, 3.05) is 19.7 Å². The van der Waals surface area contributed by atoms with Gasteiger partial charge < -0.3 is 9.84 Å². The molecule has 7 heteroatoms. The van der Waals surface area contributed by atoms with Crippen molar-refractivity contribution in [2.45, 2.75) is 30.3 Å². The molecule has 2 heterocycles. The smallest absolute Gasteiger partial charge is 0.252 e. The van der Waals surface area contributed by atoms with Crippen molar-refractivity contribution >= 4 is 21.4 Å². The molecular formula is C11H17NO4S2. The van der Waals surface area contributed by atoms with Crippen LogP contribution in [0.3, 0.4) is 0 Å². The number of thiophene rings is 1. The lowest BCUT2D eigenvalue weighted by Crippen LogP contribution is -2.45. The summed E-state index contributed by atoms with van der Waals surface area (Å²) in [5.41, 5.74) is 0.638. The molecule has 1 saturated heterocycles. The van der Waals surface area contributed by atoms with Gasteiger partial charge in [0.05, 0.1) is 19.3 Å². The van der Waals surface area contributed by atoms with Gasteiger partial charge >= 0.3 is 0 Å². The first-order valence-electron chi connectivity index (χ1n) is 5.88. The molecule has 2 rings (SSSR count).